The molecule has 0 aliphatic heterocycles. The van der Waals surface area contributed by atoms with Crippen LogP contribution in [0.1, 0.15) is 17.5 Å². The van der Waals surface area contributed by atoms with Crippen molar-refractivity contribution in [3.05, 3.63) is 59.7 Å². The number of aryl methyl sites for hydroxylation is 1. The van der Waals surface area contributed by atoms with Crippen LogP contribution in [0.2, 0.25) is 0 Å². The van der Waals surface area contributed by atoms with Gasteiger partial charge >= 0.3 is 0 Å². The van der Waals surface area contributed by atoms with Crippen molar-refractivity contribution in [2.45, 2.75) is 13.3 Å². The summed E-state index contributed by atoms with van der Waals surface area (Å²) in [6.45, 7) is 3.15. The summed E-state index contributed by atoms with van der Waals surface area (Å²) in [5.41, 5.74) is 1.65. The van der Waals surface area contributed by atoms with E-state index in [4.69, 9.17) is 14.7 Å². The van der Waals surface area contributed by atoms with Gasteiger partial charge in [0.25, 0.3) is 0 Å². The molecule has 0 aliphatic carbocycles. The van der Waals surface area contributed by atoms with Gasteiger partial charge in [0.1, 0.15) is 11.5 Å². The van der Waals surface area contributed by atoms with E-state index in [1.807, 2.05) is 43.3 Å². The Morgan fingerprint density at radius 2 is 1.75 bits per heavy atom. The van der Waals surface area contributed by atoms with Crippen LogP contribution >= 0.6 is 0 Å². The molecular weight excluding hydrogens is 250 g/mol. The Kier molecular flexibility index (Phi) is 5.02. The Labute approximate surface area is 119 Å². The van der Waals surface area contributed by atoms with Crippen molar-refractivity contribution in [2.24, 2.45) is 0 Å². The Morgan fingerprint density at radius 1 is 1.00 bits per heavy atom. The third-order valence-corrected chi connectivity index (χ3v) is 2.88. The molecule has 0 bridgehead atoms. The normalized spacial score (nSPS) is 9.80. The molecule has 0 radical (unpaired) electrons. The highest BCUT2D eigenvalue weighted by atomic mass is 16.5. The van der Waals surface area contributed by atoms with E-state index >= 15 is 0 Å². The summed E-state index contributed by atoms with van der Waals surface area (Å²) in [6.07, 6.45) is 0.797. The first-order valence-corrected chi connectivity index (χ1v) is 6.61. The van der Waals surface area contributed by atoms with Crippen molar-refractivity contribution in [1.29, 1.82) is 5.26 Å². The molecule has 0 aromatic heterocycles. The molecule has 0 atom stereocenters. The van der Waals surface area contributed by atoms with Crippen LogP contribution in [0, 0.1) is 18.3 Å². The van der Waals surface area contributed by atoms with Gasteiger partial charge in [-0.1, -0.05) is 24.3 Å². The fourth-order valence-corrected chi connectivity index (χ4v) is 1.77. The SMILES string of the molecule is Cc1ccc(C#N)cc1OCCCOc1ccccc1. The molecule has 0 N–H and O–H groups in total. The molecule has 0 heterocycles. The van der Waals surface area contributed by atoms with Gasteiger partial charge in [0.15, 0.2) is 0 Å². The lowest BCUT2D eigenvalue weighted by molar-refractivity contribution is 0.246. The number of benzene rings is 2. The van der Waals surface area contributed by atoms with Crippen LogP contribution in [0.25, 0.3) is 0 Å². The maximum Gasteiger partial charge on any atom is 0.123 e. The van der Waals surface area contributed by atoms with Crippen LogP contribution in [0.5, 0.6) is 11.5 Å². The standard InChI is InChI=1S/C17H17NO2/c1-14-8-9-15(13-18)12-17(14)20-11-5-10-19-16-6-3-2-4-7-16/h2-4,6-9,12H,5,10-11H2,1H3. The van der Waals surface area contributed by atoms with Crippen molar-refractivity contribution >= 4 is 0 Å². The summed E-state index contributed by atoms with van der Waals surface area (Å²) in [4.78, 5) is 0. The first-order chi connectivity index (χ1) is 9.79. The number of hydrogen-bond donors (Lipinski definition) is 0. The Morgan fingerprint density at radius 3 is 2.50 bits per heavy atom. The summed E-state index contributed by atoms with van der Waals surface area (Å²) in [5, 5.41) is 8.86. The van der Waals surface area contributed by atoms with Gasteiger partial charge in [-0.05, 0) is 36.8 Å². The van der Waals surface area contributed by atoms with Crippen molar-refractivity contribution in [1.82, 2.24) is 0 Å². The molecule has 0 spiro atoms. The lowest BCUT2D eigenvalue weighted by atomic mass is 10.1. The molecular formula is C17H17NO2. The third-order valence-electron chi connectivity index (χ3n) is 2.88. The zero-order valence-electron chi connectivity index (χ0n) is 11.5. The first kappa shape index (κ1) is 14.0. The minimum atomic E-state index is 0.572. The van der Waals surface area contributed by atoms with E-state index in [-0.39, 0.29) is 0 Å². The fraction of sp³-hybridized carbons (Fsp3) is 0.235. The van der Waals surface area contributed by atoms with Crippen molar-refractivity contribution < 1.29 is 9.47 Å². The predicted molar refractivity (Wildman–Crippen MR) is 77.9 cm³/mol. The molecule has 0 unspecified atom stereocenters. The van der Waals surface area contributed by atoms with Gasteiger partial charge in [-0.3, -0.25) is 0 Å². The van der Waals surface area contributed by atoms with Gasteiger partial charge in [0.2, 0.25) is 0 Å². The number of ether oxygens (including phenoxy) is 2. The largest absolute Gasteiger partial charge is 0.493 e. The number of hydrogen-bond acceptors (Lipinski definition) is 3. The minimum Gasteiger partial charge on any atom is -0.493 e. The topological polar surface area (TPSA) is 42.2 Å². The second kappa shape index (κ2) is 7.20. The molecule has 2 aromatic carbocycles. The van der Waals surface area contributed by atoms with E-state index in [9.17, 15) is 0 Å². The van der Waals surface area contributed by atoms with E-state index in [1.54, 1.807) is 12.1 Å². The average molecular weight is 267 g/mol. The molecule has 0 saturated carbocycles. The summed E-state index contributed by atoms with van der Waals surface area (Å²) < 4.78 is 11.3. The summed E-state index contributed by atoms with van der Waals surface area (Å²) >= 11 is 0. The van der Waals surface area contributed by atoms with Gasteiger partial charge in [0, 0.05) is 6.42 Å². The molecule has 3 heteroatoms. The van der Waals surface area contributed by atoms with Gasteiger partial charge in [0.05, 0.1) is 24.8 Å². The van der Waals surface area contributed by atoms with Gasteiger partial charge in [-0.2, -0.15) is 5.26 Å². The van der Waals surface area contributed by atoms with Crippen LogP contribution in [-0.2, 0) is 0 Å². The average Bonchev–Trinajstić information content (AvgIpc) is 2.50. The Balaban J connectivity index is 1.75. The Hall–Kier alpha value is -2.47. The highest BCUT2D eigenvalue weighted by Crippen LogP contribution is 2.19. The zero-order chi connectivity index (χ0) is 14.2. The van der Waals surface area contributed by atoms with E-state index in [0.717, 1.165) is 23.5 Å². The van der Waals surface area contributed by atoms with Crippen molar-refractivity contribution in [2.75, 3.05) is 13.2 Å². The molecule has 2 rings (SSSR count). The molecule has 0 aliphatic rings. The van der Waals surface area contributed by atoms with Gasteiger partial charge in [-0.15, -0.1) is 0 Å². The maximum atomic E-state index is 8.86. The van der Waals surface area contributed by atoms with Crippen LogP contribution < -0.4 is 9.47 Å². The predicted octanol–water partition coefficient (Wildman–Crippen LogP) is 3.71. The van der Waals surface area contributed by atoms with Crippen LogP contribution in [-0.4, -0.2) is 13.2 Å². The van der Waals surface area contributed by atoms with E-state index in [2.05, 4.69) is 6.07 Å². The van der Waals surface area contributed by atoms with E-state index in [0.29, 0.717) is 18.8 Å². The second-order valence-corrected chi connectivity index (χ2v) is 4.46. The van der Waals surface area contributed by atoms with Crippen molar-refractivity contribution in [3.63, 3.8) is 0 Å². The van der Waals surface area contributed by atoms with Gasteiger partial charge in [-0.25, -0.2) is 0 Å². The van der Waals surface area contributed by atoms with Gasteiger partial charge < -0.3 is 9.47 Å². The summed E-state index contributed by atoms with van der Waals surface area (Å²) in [6, 6.07) is 17.3. The number of rotatable bonds is 6. The highest BCUT2D eigenvalue weighted by Gasteiger charge is 2.01. The van der Waals surface area contributed by atoms with E-state index in [1.165, 1.54) is 0 Å². The zero-order valence-corrected chi connectivity index (χ0v) is 11.5. The summed E-state index contributed by atoms with van der Waals surface area (Å²) in [7, 11) is 0. The lowest BCUT2D eigenvalue weighted by Gasteiger charge is -2.10. The molecule has 0 saturated heterocycles. The second-order valence-electron chi connectivity index (χ2n) is 4.46. The maximum absolute atomic E-state index is 8.86. The monoisotopic (exact) mass is 267 g/mol. The number of para-hydroxylation sites is 1. The van der Waals surface area contributed by atoms with Crippen molar-refractivity contribution in [3.8, 4) is 17.6 Å². The third kappa shape index (κ3) is 4.03. The van der Waals surface area contributed by atoms with Crippen LogP contribution in [0.3, 0.4) is 0 Å². The molecule has 0 fully saturated rings. The van der Waals surface area contributed by atoms with Crippen LogP contribution in [0.15, 0.2) is 48.5 Å². The Bertz CT molecular complexity index is 588. The molecule has 2 aromatic rings. The molecule has 0 amide bonds. The number of nitriles is 1. The molecule has 20 heavy (non-hydrogen) atoms. The summed E-state index contributed by atoms with van der Waals surface area (Å²) in [5.74, 6) is 1.64. The molecule has 3 nitrogen and oxygen atoms in total. The van der Waals surface area contributed by atoms with Crippen LogP contribution in [0.4, 0.5) is 0 Å². The quantitative estimate of drug-likeness (QED) is 0.749. The first-order valence-electron chi connectivity index (χ1n) is 6.61. The smallest absolute Gasteiger partial charge is 0.123 e. The molecule has 102 valence electrons. The number of nitrogens with zero attached hydrogens (tertiary/aromatic N) is 1. The highest BCUT2D eigenvalue weighted by molar-refractivity contribution is 5.41. The minimum absolute atomic E-state index is 0.572. The van der Waals surface area contributed by atoms with E-state index < -0.39 is 0 Å². The fourth-order valence-electron chi connectivity index (χ4n) is 1.77. The lowest BCUT2D eigenvalue weighted by Crippen LogP contribution is -2.05.